The molecule has 2 N–H and O–H groups in total. The fourth-order valence-electron chi connectivity index (χ4n) is 2.38. The van der Waals surface area contributed by atoms with E-state index in [2.05, 4.69) is 6.92 Å². The van der Waals surface area contributed by atoms with Crippen molar-refractivity contribution >= 4 is 23.2 Å². The average molecular weight is 339 g/mol. The summed E-state index contributed by atoms with van der Waals surface area (Å²) in [6.07, 6.45) is -1.25. The molecular formula is C18H20Cl2O2. The molecule has 0 radical (unpaired) electrons. The first kappa shape index (κ1) is 17.3. The number of rotatable bonds is 6. The number of alkyl halides is 2. The maximum absolute atomic E-state index is 9.72. The Morgan fingerprint density at radius 2 is 0.955 bits per heavy atom. The van der Waals surface area contributed by atoms with Crippen molar-refractivity contribution in [1.29, 1.82) is 0 Å². The molecule has 0 heterocycles. The molecule has 0 aromatic heterocycles. The van der Waals surface area contributed by atoms with E-state index in [1.807, 2.05) is 48.5 Å². The van der Waals surface area contributed by atoms with Crippen LogP contribution in [0.25, 0.3) is 0 Å². The van der Waals surface area contributed by atoms with E-state index in [-0.39, 0.29) is 17.7 Å². The third-order valence-electron chi connectivity index (χ3n) is 3.93. The summed E-state index contributed by atoms with van der Waals surface area (Å²) in [5, 5.41) is 19.4. The van der Waals surface area contributed by atoms with Crippen molar-refractivity contribution in [2.75, 3.05) is 11.8 Å². The van der Waals surface area contributed by atoms with Crippen LogP contribution in [0.5, 0.6) is 0 Å². The Hall–Kier alpha value is -1.06. The van der Waals surface area contributed by atoms with E-state index in [1.54, 1.807) is 0 Å². The molecule has 2 rings (SSSR count). The van der Waals surface area contributed by atoms with Gasteiger partial charge in [0.2, 0.25) is 0 Å². The molecule has 2 aromatic carbocycles. The number of halogens is 2. The van der Waals surface area contributed by atoms with Gasteiger partial charge in [-0.05, 0) is 22.3 Å². The van der Waals surface area contributed by atoms with Crippen LogP contribution in [0.3, 0.4) is 0 Å². The fourth-order valence-corrected chi connectivity index (χ4v) is 2.74. The van der Waals surface area contributed by atoms with Crippen LogP contribution in [0.1, 0.15) is 47.3 Å². The van der Waals surface area contributed by atoms with Crippen LogP contribution in [0, 0.1) is 0 Å². The normalized spacial score (nSPS) is 15.3. The van der Waals surface area contributed by atoms with Crippen molar-refractivity contribution in [3.63, 3.8) is 0 Å². The minimum atomic E-state index is -0.623. The van der Waals surface area contributed by atoms with E-state index >= 15 is 0 Å². The molecule has 0 aliphatic heterocycles. The average Bonchev–Trinajstić information content (AvgIpc) is 2.60. The first-order chi connectivity index (χ1) is 10.6. The highest BCUT2D eigenvalue weighted by Crippen LogP contribution is 2.27. The van der Waals surface area contributed by atoms with Gasteiger partial charge in [0.1, 0.15) is 0 Å². The summed E-state index contributed by atoms with van der Waals surface area (Å²) in [5.41, 5.74) is 3.98. The number of benzene rings is 2. The van der Waals surface area contributed by atoms with Gasteiger partial charge in [-0.15, -0.1) is 23.2 Å². The lowest BCUT2D eigenvalue weighted by Crippen LogP contribution is -2.02. The SMILES string of the molecule is CC(c1ccc(C(O)CCl)cc1)c1ccc(C(O)CCl)cc1. The predicted molar refractivity (Wildman–Crippen MR) is 91.8 cm³/mol. The molecule has 4 heteroatoms. The number of hydrogen-bond acceptors (Lipinski definition) is 2. The molecule has 0 amide bonds. The molecule has 0 saturated heterocycles. The Morgan fingerprint density at radius 3 is 1.23 bits per heavy atom. The lowest BCUT2D eigenvalue weighted by atomic mass is 9.91. The lowest BCUT2D eigenvalue weighted by molar-refractivity contribution is 0.202. The van der Waals surface area contributed by atoms with Crippen LogP contribution in [0.4, 0.5) is 0 Å². The Morgan fingerprint density at radius 1 is 0.682 bits per heavy atom. The maximum Gasteiger partial charge on any atom is 0.0925 e. The second-order valence-electron chi connectivity index (χ2n) is 5.40. The zero-order valence-corrected chi connectivity index (χ0v) is 13.9. The van der Waals surface area contributed by atoms with Crippen LogP contribution in [-0.4, -0.2) is 22.0 Å². The summed E-state index contributed by atoms with van der Waals surface area (Å²) < 4.78 is 0. The van der Waals surface area contributed by atoms with Crippen molar-refractivity contribution in [2.45, 2.75) is 25.0 Å². The van der Waals surface area contributed by atoms with E-state index in [0.717, 1.165) is 22.3 Å². The van der Waals surface area contributed by atoms with Gasteiger partial charge in [-0.25, -0.2) is 0 Å². The third kappa shape index (κ3) is 4.02. The van der Waals surface area contributed by atoms with Gasteiger partial charge in [0.05, 0.1) is 24.0 Å². The zero-order chi connectivity index (χ0) is 16.1. The van der Waals surface area contributed by atoms with E-state index in [9.17, 15) is 10.2 Å². The lowest BCUT2D eigenvalue weighted by Gasteiger charge is -2.15. The first-order valence-corrected chi connectivity index (χ1v) is 8.31. The van der Waals surface area contributed by atoms with Gasteiger partial charge in [-0.3, -0.25) is 0 Å². The molecule has 0 aliphatic carbocycles. The van der Waals surface area contributed by atoms with E-state index in [4.69, 9.17) is 23.2 Å². The standard InChI is InChI=1S/C18H20Cl2O2/c1-12(13-2-6-15(7-3-13)17(21)10-19)14-4-8-16(9-5-14)18(22)11-20/h2-9,12,17-18,21-22H,10-11H2,1H3. The smallest absolute Gasteiger partial charge is 0.0925 e. The van der Waals surface area contributed by atoms with Crippen molar-refractivity contribution in [3.05, 3.63) is 70.8 Å². The molecular weight excluding hydrogens is 319 g/mol. The Bertz CT molecular complexity index is 528. The first-order valence-electron chi connectivity index (χ1n) is 7.24. The molecule has 0 aliphatic rings. The second-order valence-corrected chi connectivity index (χ2v) is 6.01. The van der Waals surface area contributed by atoms with E-state index in [0.29, 0.717) is 0 Å². The number of aliphatic hydroxyl groups excluding tert-OH is 2. The topological polar surface area (TPSA) is 40.5 Å². The van der Waals surface area contributed by atoms with Crippen molar-refractivity contribution in [1.82, 2.24) is 0 Å². The highest BCUT2D eigenvalue weighted by molar-refractivity contribution is 6.18. The molecule has 22 heavy (non-hydrogen) atoms. The second kappa shape index (κ2) is 7.98. The molecule has 2 atom stereocenters. The summed E-state index contributed by atoms with van der Waals surface area (Å²) in [7, 11) is 0. The van der Waals surface area contributed by atoms with Crippen molar-refractivity contribution in [2.24, 2.45) is 0 Å². The monoisotopic (exact) mass is 338 g/mol. The van der Waals surface area contributed by atoms with E-state index < -0.39 is 12.2 Å². The molecule has 118 valence electrons. The van der Waals surface area contributed by atoms with E-state index in [1.165, 1.54) is 0 Å². The van der Waals surface area contributed by atoms with Gasteiger partial charge in [0.25, 0.3) is 0 Å². The van der Waals surface area contributed by atoms with Gasteiger partial charge < -0.3 is 10.2 Å². The number of aliphatic hydroxyl groups is 2. The Labute approximate surface area is 141 Å². The summed E-state index contributed by atoms with van der Waals surface area (Å²) in [6, 6.07) is 15.7. The molecule has 2 aromatic rings. The molecule has 2 nitrogen and oxygen atoms in total. The van der Waals surface area contributed by atoms with Crippen molar-refractivity contribution in [3.8, 4) is 0 Å². The van der Waals surface area contributed by atoms with Gasteiger partial charge in [-0.2, -0.15) is 0 Å². The van der Waals surface area contributed by atoms with Gasteiger partial charge in [0.15, 0.2) is 0 Å². The minimum Gasteiger partial charge on any atom is -0.387 e. The Balaban J connectivity index is 2.15. The zero-order valence-electron chi connectivity index (χ0n) is 12.4. The summed E-state index contributed by atoms with van der Waals surface area (Å²) in [5.74, 6) is 0.614. The summed E-state index contributed by atoms with van der Waals surface area (Å²) in [6.45, 7) is 2.12. The van der Waals surface area contributed by atoms with Crippen LogP contribution < -0.4 is 0 Å². The van der Waals surface area contributed by atoms with Crippen LogP contribution in [0.2, 0.25) is 0 Å². The quantitative estimate of drug-likeness (QED) is 0.767. The van der Waals surface area contributed by atoms with Crippen LogP contribution in [-0.2, 0) is 0 Å². The molecule has 0 spiro atoms. The predicted octanol–water partition coefficient (Wildman–Crippen LogP) is 4.38. The van der Waals surface area contributed by atoms with Gasteiger partial charge in [0, 0.05) is 5.92 Å². The Kier molecular flexibility index (Phi) is 6.27. The largest absolute Gasteiger partial charge is 0.387 e. The minimum absolute atomic E-state index is 0.194. The third-order valence-corrected chi connectivity index (χ3v) is 4.52. The molecule has 0 bridgehead atoms. The molecule has 2 unspecified atom stereocenters. The highest BCUT2D eigenvalue weighted by Gasteiger charge is 2.12. The van der Waals surface area contributed by atoms with Crippen molar-refractivity contribution < 1.29 is 10.2 Å². The van der Waals surface area contributed by atoms with Crippen LogP contribution >= 0.6 is 23.2 Å². The van der Waals surface area contributed by atoms with Gasteiger partial charge >= 0.3 is 0 Å². The fraction of sp³-hybridized carbons (Fsp3) is 0.333. The molecule has 0 saturated carbocycles. The van der Waals surface area contributed by atoms with Gasteiger partial charge in [-0.1, -0.05) is 55.5 Å². The summed E-state index contributed by atoms with van der Waals surface area (Å²) in [4.78, 5) is 0. The molecule has 0 fully saturated rings. The summed E-state index contributed by atoms with van der Waals surface area (Å²) >= 11 is 11.3. The maximum atomic E-state index is 9.72. The highest BCUT2D eigenvalue weighted by atomic mass is 35.5. The van der Waals surface area contributed by atoms with Crippen LogP contribution in [0.15, 0.2) is 48.5 Å². The number of hydrogen-bond donors (Lipinski definition) is 2.